The number of nitrogens with zero attached hydrogens (tertiary/aromatic N) is 3. The molecule has 3 rings (SSSR count). The van der Waals surface area contributed by atoms with E-state index < -0.39 is 4.92 Å². The lowest BCUT2D eigenvalue weighted by Crippen LogP contribution is -1.98. The normalized spacial score (nSPS) is 14.0. The maximum Gasteiger partial charge on any atom is 0.276 e. The summed E-state index contributed by atoms with van der Waals surface area (Å²) >= 11 is 5.97. The number of hydrogen-bond acceptors (Lipinski definition) is 5. The molecule has 0 unspecified atom stereocenters. The number of hydrogen-bond donors (Lipinski definition) is 0. The van der Waals surface area contributed by atoms with Crippen LogP contribution in [0.5, 0.6) is 11.6 Å². The minimum Gasteiger partial charge on any atom is -0.438 e. The molecule has 7 heteroatoms. The molecule has 0 saturated heterocycles. The van der Waals surface area contributed by atoms with Crippen molar-refractivity contribution in [1.82, 2.24) is 9.97 Å². The summed E-state index contributed by atoms with van der Waals surface area (Å²) in [5, 5.41) is 11.2. The van der Waals surface area contributed by atoms with E-state index >= 15 is 0 Å². The van der Waals surface area contributed by atoms with Gasteiger partial charge in [0.05, 0.1) is 10.5 Å². The van der Waals surface area contributed by atoms with E-state index in [-0.39, 0.29) is 5.69 Å². The van der Waals surface area contributed by atoms with Crippen LogP contribution in [0, 0.1) is 17.0 Å². The first-order chi connectivity index (χ1) is 10.0. The highest BCUT2D eigenvalue weighted by Crippen LogP contribution is 2.39. The van der Waals surface area contributed by atoms with Gasteiger partial charge in [0.25, 0.3) is 5.69 Å². The van der Waals surface area contributed by atoms with Gasteiger partial charge in [-0.15, -0.1) is 0 Å². The van der Waals surface area contributed by atoms with Gasteiger partial charge in [0, 0.05) is 18.1 Å². The average Bonchev–Trinajstić information content (AvgIpc) is 3.24. The number of halogens is 1. The molecule has 0 spiro atoms. The summed E-state index contributed by atoms with van der Waals surface area (Å²) in [6, 6.07) is 6.18. The van der Waals surface area contributed by atoms with E-state index in [1.54, 1.807) is 19.1 Å². The quantitative estimate of drug-likeness (QED) is 0.484. The monoisotopic (exact) mass is 305 g/mol. The van der Waals surface area contributed by atoms with E-state index in [9.17, 15) is 10.1 Å². The molecule has 0 amide bonds. The van der Waals surface area contributed by atoms with Gasteiger partial charge in [0.2, 0.25) is 5.88 Å². The largest absolute Gasteiger partial charge is 0.438 e. The summed E-state index contributed by atoms with van der Waals surface area (Å²) < 4.78 is 5.66. The number of nitro benzene ring substituents is 1. The van der Waals surface area contributed by atoms with Crippen molar-refractivity contribution in [3.05, 3.63) is 50.9 Å². The molecule has 1 saturated carbocycles. The molecule has 0 N–H and O–H groups in total. The third kappa shape index (κ3) is 2.95. The van der Waals surface area contributed by atoms with Crippen LogP contribution in [0.2, 0.25) is 5.15 Å². The van der Waals surface area contributed by atoms with E-state index in [4.69, 9.17) is 16.3 Å². The zero-order chi connectivity index (χ0) is 15.0. The number of ether oxygens (including phenoxy) is 1. The van der Waals surface area contributed by atoms with Crippen molar-refractivity contribution in [2.75, 3.05) is 0 Å². The number of benzene rings is 1. The first-order valence-electron chi connectivity index (χ1n) is 6.51. The number of aromatic nitrogens is 2. The van der Waals surface area contributed by atoms with Crippen LogP contribution in [0.1, 0.15) is 30.1 Å². The fraction of sp³-hybridized carbons (Fsp3) is 0.286. The van der Waals surface area contributed by atoms with Gasteiger partial charge in [0.1, 0.15) is 16.7 Å². The van der Waals surface area contributed by atoms with E-state index in [1.165, 1.54) is 12.1 Å². The van der Waals surface area contributed by atoms with Crippen molar-refractivity contribution in [2.45, 2.75) is 25.7 Å². The lowest BCUT2D eigenvalue weighted by Gasteiger charge is -2.09. The van der Waals surface area contributed by atoms with Crippen LogP contribution in [-0.2, 0) is 0 Å². The Morgan fingerprint density at radius 2 is 2.14 bits per heavy atom. The van der Waals surface area contributed by atoms with Gasteiger partial charge in [-0.2, -0.15) is 4.98 Å². The Balaban J connectivity index is 1.93. The Morgan fingerprint density at radius 1 is 1.38 bits per heavy atom. The molecule has 0 atom stereocenters. The van der Waals surface area contributed by atoms with Crippen LogP contribution in [0.4, 0.5) is 5.69 Å². The van der Waals surface area contributed by atoms with Gasteiger partial charge in [-0.05, 0) is 25.8 Å². The Bertz CT molecular complexity index is 717. The van der Waals surface area contributed by atoms with Gasteiger partial charge in [0.15, 0.2) is 0 Å². The zero-order valence-corrected chi connectivity index (χ0v) is 12.0. The molecular weight excluding hydrogens is 294 g/mol. The van der Waals surface area contributed by atoms with Crippen molar-refractivity contribution >= 4 is 17.3 Å². The summed E-state index contributed by atoms with van der Waals surface area (Å²) in [6.45, 7) is 1.64. The van der Waals surface area contributed by atoms with Crippen molar-refractivity contribution in [3.63, 3.8) is 0 Å². The van der Waals surface area contributed by atoms with Gasteiger partial charge < -0.3 is 4.74 Å². The SMILES string of the molecule is Cc1c(Oc2cc(Cl)nc(C3CC3)n2)cccc1[N+](=O)[O-]. The van der Waals surface area contributed by atoms with Crippen molar-refractivity contribution < 1.29 is 9.66 Å². The van der Waals surface area contributed by atoms with Crippen molar-refractivity contribution in [2.24, 2.45) is 0 Å². The third-order valence-electron chi connectivity index (χ3n) is 3.30. The fourth-order valence-electron chi connectivity index (χ4n) is 2.01. The van der Waals surface area contributed by atoms with Crippen LogP contribution in [0.3, 0.4) is 0 Å². The average molecular weight is 306 g/mol. The molecule has 1 fully saturated rings. The number of nitro groups is 1. The summed E-state index contributed by atoms with van der Waals surface area (Å²) in [6.07, 6.45) is 2.10. The molecule has 2 aromatic rings. The van der Waals surface area contributed by atoms with Crippen LogP contribution >= 0.6 is 11.6 Å². The molecule has 1 aliphatic carbocycles. The highest BCUT2D eigenvalue weighted by Gasteiger charge is 2.27. The molecule has 108 valence electrons. The molecule has 21 heavy (non-hydrogen) atoms. The van der Waals surface area contributed by atoms with Crippen LogP contribution < -0.4 is 4.74 Å². The molecule has 1 heterocycles. The van der Waals surface area contributed by atoms with E-state index in [2.05, 4.69) is 9.97 Å². The van der Waals surface area contributed by atoms with E-state index in [1.807, 2.05) is 0 Å². The summed E-state index contributed by atoms with van der Waals surface area (Å²) in [7, 11) is 0. The maximum atomic E-state index is 10.9. The minimum absolute atomic E-state index is 0.00932. The Hall–Kier alpha value is -2.21. The van der Waals surface area contributed by atoms with Gasteiger partial charge in [-0.25, -0.2) is 4.98 Å². The molecular formula is C14H12ClN3O3. The van der Waals surface area contributed by atoms with Crippen LogP contribution in [-0.4, -0.2) is 14.9 Å². The highest BCUT2D eigenvalue weighted by atomic mass is 35.5. The molecule has 0 bridgehead atoms. The predicted octanol–water partition coefficient (Wildman–Crippen LogP) is 4.02. The van der Waals surface area contributed by atoms with Gasteiger partial charge in [-0.1, -0.05) is 17.7 Å². The molecule has 1 aliphatic rings. The molecule has 1 aromatic carbocycles. The van der Waals surface area contributed by atoms with Crippen molar-refractivity contribution in [3.8, 4) is 11.6 Å². The number of rotatable bonds is 4. The Kier molecular flexibility index (Phi) is 3.47. The second-order valence-corrected chi connectivity index (χ2v) is 5.31. The lowest BCUT2D eigenvalue weighted by molar-refractivity contribution is -0.385. The smallest absolute Gasteiger partial charge is 0.276 e. The Morgan fingerprint density at radius 3 is 2.81 bits per heavy atom. The highest BCUT2D eigenvalue weighted by molar-refractivity contribution is 6.29. The molecule has 0 aliphatic heterocycles. The second-order valence-electron chi connectivity index (χ2n) is 4.92. The minimum atomic E-state index is -0.440. The second kappa shape index (κ2) is 5.29. The third-order valence-corrected chi connectivity index (χ3v) is 3.49. The topological polar surface area (TPSA) is 78.2 Å². The summed E-state index contributed by atoms with van der Waals surface area (Å²) in [5.41, 5.74) is 0.459. The van der Waals surface area contributed by atoms with Crippen molar-refractivity contribution in [1.29, 1.82) is 0 Å². The van der Waals surface area contributed by atoms with Gasteiger partial charge >= 0.3 is 0 Å². The maximum absolute atomic E-state index is 10.9. The Labute approximate surface area is 125 Å². The lowest BCUT2D eigenvalue weighted by atomic mass is 10.2. The predicted molar refractivity (Wildman–Crippen MR) is 76.9 cm³/mol. The van der Waals surface area contributed by atoms with Crippen LogP contribution in [0.25, 0.3) is 0 Å². The van der Waals surface area contributed by atoms with E-state index in [0.717, 1.165) is 12.8 Å². The zero-order valence-electron chi connectivity index (χ0n) is 11.2. The first-order valence-corrected chi connectivity index (χ1v) is 6.88. The van der Waals surface area contributed by atoms with Crippen LogP contribution in [0.15, 0.2) is 24.3 Å². The molecule has 1 aromatic heterocycles. The standard InChI is InChI=1S/C14H12ClN3O3/c1-8-10(18(19)20)3-2-4-11(8)21-13-7-12(15)16-14(17-13)9-5-6-9/h2-4,7,9H,5-6H2,1H3. The fourth-order valence-corrected chi connectivity index (χ4v) is 2.19. The first kappa shape index (κ1) is 13.8. The van der Waals surface area contributed by atoms with E-state index in [0.29, 0.717) is 34.1 Å². The summed E-state index contributed by atoms with van der Waals surface area (Å²) in [4.78, 5) is 19.0. The van der Waals surface area contributed by atoms with Gasteiger partial charge in [-0.3, -0.25) is 10.1 Å². The molecule has 6 nitrogen and oxygen atoms in total. The summed E-state index contributed by atoms with van der Waals surface area (Å²) in [5.74, 6) is 1.71. The molecule has 0 radical (unpaired) electrons.